The number of anilines is 2. The summed E-state index contributed by atoms with van der Waals surface area (Å²) in [5.74, 6) is -1.90. The molecule has 1 unspecified atom stereocenters. The zero-order chi connectivity index (χ0) is 25.5. The van der Waals surface area contributed by atoms with Crippen LogP contribution in [0.5, 0.6) is 0 Å². The number of benzene rings is 2. The Hall–Kier alpha value is -3.81. The van der Waals surface area contributed by atoms with Gasteiger partial charge in [-0.05, 0) is 61.2 Å². The van der Waals surface area contributed by atoms with Gasteiger partial charge in [-0.2, -0.15) is 4.39 Å². The molecule has 0 spiro atoms. The van der Waals surface area contributed by atoms with Crippen molar-refractivity contribution < 1.29 is 18.4 Å². The lowest BCUT2D eigenvalue weighted by Gasteiger charge is -2.34. The fourth-order valence-corrected chi connectivity index (χ4v) is 4.62. The first-order valence-corrected chi connectivity index (χ1v) is 12.2. The van der Waals surface area contributed by atoms with Crippen molar-refractivity contribution in [3.05, 3.63) is 89.8 Å². The van der Waals surface area contributed by atoms with Crippen LogP contribution in [0.2, 0.25) is 0 Å². The highest BCUT2D eigenvalue weighted by Gasteiger charge is 2.35. The van der Waals surface area contributed by atoms with Gasteiger partial charge in [-0.15, -0.1) is 0 Å². The highest BCUT2D eigenvalue weighted by molar-refractivity contribution is 6.03. The molecule has 0 radical (unpaired) electrons. The molecule has 188 valence electrons. The van der Waals surface area contributed by atoms with Crippen LogP contribution in [0.4, 0.5) is 20.2 Å². The normalized spacial score (nSPS) is 14.6. The van der Waals surface area contributed by atoms with Crippen molar-refractivity contribution in [2.75, 3.05) is 16.8 Å². The number of pyridine rings is 1. The van der Waals surface area contributed by atoms with Gasteiger partial charge in [-0.3, -0.25) is 14.5 Å². The van der Waals surface area contributed by atoms with Crippen molar-refractivity contribution in [2.45, 2.75) is 51.1 Å². The second kappa shape index (κ2) is 11.7. The fraction of sp³-hybridized carbons (Fsp3) is 0.321. The maximum atomic E-state index is 14.3. The van der Waals surface area contributed by atoms with Crippen LogP contribution < -0.4 is 15.5 Å². The zero-order valence-electron chi connectivity index (χ0n) is 20.2. The third-order valence-corrected chi connectivity index (χ3v) is 6.47. The Bertz CT molecular complexity index is 1200. The molecule has 1 atom stereocenters. The molecule has 0 saturated heterocycles. The molecule has 4 rings (SSSR count). The number of hydrogen-bond acceptors (Lipinski definition) is 4. The summed E-state index contributed by atoms with van der Waals surface area (Å²) in [7, 11) is 0. The molecule has 1 fully saturated rings. The summed E-state index contributed by atoms with van der Waals surface area (Å²) in [6.07, 6.45) is 6.29. The molecule has 1 heterocycles. The summed E-state index contributed by atoms with van der Waals surface area (Å²) >= 11 is 0. The van der Waals surface area contributed by atoms with Crippen LogP contribution in [0.15, 0.2) is 66.9 Å². The van der Waals surface area contributed by atoms with Crippen molar-refractivity contribution in [1.82, 2.24) is 10.3 Å². The molecule has 0 bridgehead atoms. The lowest BCUT2D eigenvalue weighted by molar-refractivity contribution is -0.126. The van der Waals surface area contributed by atoms with E-state index in [9.17, 15) is 18.4 Å². The number of hydrogen-bond donors (Lipinski definition) is 2. The number of carbonyl (C=O) groups excluding carboxylic acids is 2. The zero-order valence-corrected chi connectivity index (χ0v) is 20.2. The molecule has 36 heavy (non-hydrogen) atoms. The van der Waals surface area contributed by atoms with Crippen molar-refractivity contribution in [1.29, 1.82) is 0 Å². The van der Waals surface area contributed by atoms with E-state index in [1.54, 1.807) is 6.07 Å². The highest BCUT2D eigenvalue weighted by Crippen LogP contribution is 2.31. The van der Waals surface area contributed by atoms with E-state index in [2.05, 4.69) is 15.6 Å². The number of nitrogens with zero attached hydrogens (tertiary/aromatic N) is 2. The van der Waals surface area contributed by atoms with Gasteiger partial charge >= 0.3 is 0 Å². The van der Waals surface area contributed by atoms with Gasteiger partial charge in [-0.1, -0.05) is 49.6 Å². The second-order valence-electron chi connectivity index (χ2n) is 9.07. The molecule has 6 nitrogen and oxygen atoms in total. The molecule has 3 aromatic rings. The van der Waals surface area contributed by atoms with Crippen molar-refractivity contribution in [3.8, 4) is 0 Å². The van der Waals surface area contributed by atoms with Crippen LogP contribution in [-0.2, 0) is 9.59 Å². The molecular formula is C28H30F2N4O2. The van der Waals surface area contributed by atoms with Gasteiger partial charge < -0.3 is 10.6 Å². The molecule has 2 amide bonds. The number of aromatic nitrogens is 1. The summed E-state index contributed by atoms with van der Waals surface area (Å²) in [6, 6.07) is 14.7. The molecule has 2 N–H and O–H groups in total. The van der Waals surface area contributed by atoms with E-state index in [0.717, 1.165) is 37.7 Å². The van der Waals surface area contributed by atoms with E-state index < -0.39 is 23.7 Å². The third kappa shape index (κ3) is 6.24. The number of halogens is 2. The van der Waals surface area contributed by atoms with Crippen molar-refractivity contribution in [3.63, 3.8) is 0 Å². The Labute approximate surface area is 209 Å². The molecular weight excluding hydrogens is 462 g/mol. The number of amides is 2. The lowest BCUT2D eigenvalue weighted by Crippen LogP contribution is -2.48. The van der Waals surface area contributed by atoms with Gasteiger partial charge in [0.25, 0.3) is 0 Å². The van der Waals surface area contributed by atoms with Gasteiger partial charge in [0.15, 0.2) is 0 Å². The molecule has 0 aliphatic heterocycles. The molecule has 1 aromatic heterocycles. The fourth-order valence-electron chi connectivity index (χ4n) is 4.62. The minimum atomic E-state index is -1.00. The first kappa shape index (κ1) is 25.3. The first-order valence-electron chi connectivity index (χ1n) is 12.2. The van der Waals surface area contributed by atoms with E-state index in [1.807, 2.05) is 31.2 Å². The Balaban J connectivity index is 1.70. The van der Waals surface area contributed by atoms with Gasteiger partial charge in [0, 0.05) is 11.7 Å². The van der Waals surface area contributed by atoms with Gasteiger partial charge in [0.2, 0.25) is 17.8 Å². The van der Waals surface area contributed by atoms with E-state index in [1.165, 1.54) is 41.4 Å². The van der Waals surface area contributed by atoms with E-state index in [4.69, 9.17) is 0 Å². The first-order chi connectivity index (χ1) is 17.4. The summed E-state index contributed by atoms with van der Waals surface area (Å²) < 4.78 is 27.5. The van der Waals surface area contributed by atoms with E-state index >= 15 is 0 Å². The average molecular weight is 493 g/mol. The average Bonchev–Trinajstić information content (AvgIpc) is 2.88. The van der Waals surface area contributed by atoms with Crippen LogP contribution in [0.3, 0.4) is 0 Å². The summed E-state index contributed by atoms with van der Waals surface area (Å²) in [5, 5.41) is 6.08. The summed E-state index contributed by atoms with van der Waals surface area (Å²) in [5.41, 5.74) is 2.21. The van der Waals surface area contributed by atoms with Gasteiger partial charge in [0.1, 0.15) is 11.9 Å². The van der Waals surface area contributed by atoms with E-state index in [0.29, 0.717) is 11.3 Å². The minimum Gasteiger partial charge on any atom is -0.375 e. The van der Waals surface area contributed by atoms with Crippen LogP contribution in [0, 0.1) is 18.7 Å². The Morgan fingerprint density at radius 3 is 2.50 bits per heavy atom. The van der Waals surface area contributed by atoms with Crippen LogP contribution >= 0.6 is 0 Å². The summed E-state index contributed by atoms with van der Waals surface area (Å²) in [6.45, 7) is 1.68. The van der Waals surface area contributed by atoms with Crippen molar-refractivity contribution >= 4 is 23.2 Å². The minimum absolute atomic E-state index is 0.0330. The molecule has 2 aromatic carbocycles. The Kier molecular flexibility index (Phi) is 8.25. The third-order valence-electron chi connectivity index (χ3n) is 6.47. The standard InChI is InChI=1S/C28H30F2N4O2/c1-19-8-5-6-13-24(19)27(28(36)33-21-10-3-2-4-11-21)34(23-12-7-9-20(29)16-23)26(35)18-31-22-14-15-25(30)32-17-22/h5-9,12-17,21,27,31H,2-4,10-11,18H2,1H3,(H,33,36). The largest absolute Gasteiger partial charge is 0.375 e. The summed E-state index contributed by atoms with van der Waals surface area (Å²) in [4.78, 5) is 32.4. The predicted octanol–water partition coefficient (Wildman–Crippen LogP) is 5.30. The molecule has 8 heteroatoms. The number of carbonyl (C=O) groups is 2. The maximum Gasteiger partial charge on any atom is 0.248 e. The number of nitrogens with one attached hydrogen (secondary N) is 2. The smallest absolute Gasteiger partial charge is 0.248 e. The lowest BCUT2D eigenvalue weighted by atomic mass is 9.93. The van der Waals surface area contributed by atoms with Crippen LogP contribution in [0.1, 0.15) is 49.3 Å². The number of aryl methyl sites for hydroxylation is 1. The van der Waals surface area contributed by atoms with Gasteiger partial charge in [-0.25, -0.2) is 9.37 Å². The van der Waals surface area contributed by atoms with Gasteiger partial charge in [0.05, 0.1) is 18.4 Å². The quantitative estimate of drug-likeness (QED) is 0.419. The molecule has 1 aliphatic carbocycles. The number of rotatable bonds is 8. The van der Waals surface area contributed by atoms with E-state index in [-0.39, 0.29) is 24.2 Å². The molecule has 1 saturated carbocycles. The van der Waals surface area contributed by atoms with Crippen molar-refractivity contribution in [2.24, 2.45) is 0 Å². The topological polar surface area (TPSA) is 74.3 Å². The molecule has 1 aliphatic rings. The van der Waals surface area contributed by atoms with Crippen LogP contribution in [0.25, 0.3) is 0 Å². The highest BCUT2D eigenvalue weighted by atomic mass is 19.1. The SMILES string of the molecule is Cc1ccccc1C(C(=O)NC1CCCCC1)N(C(=O)CNc1ccc(F)nc1)c1cccc(F)c1. The Morgan fingerprint density at radius 1 is 1.03 bits per heavy atom. The Morgan fingerprint density at radius 2 is 1.81 bits per heavy atom. The second-order valence-corrected chi connectivity index (χ2v) is 9.07. The maximum absolute atomic E-state index is 14.3. The predicted molar refractivity (Wildman–Crippen MR) is 136 cm³/mol. The monoisotopic (exact) mass is 492 g/mol. The van der Waals surface area contributed by atoms with Crippen LogP contribution in [-0.4, -0.2) is 29.4 Å².